The van der Waals surface area contributed by atoms with E-state index in [9.17, 15) is 14.9 Å². The van der Waals surface area contributed by atoms with Crippen molar-refractivity contribution in [1.82, 2.24) is 5.32 Å². The summed E-state index contributed by atoms with van der Waals surface area (Å²) in [6, 6.07) is 16.4. The van der Waals surface area contributed by atoms with Gasteiger partial charge in [-0.25, -0.2) is 0 Å². The lowest BCUT2D eigenvalue weighted by Crippen LogP contribution is -2.54. The zero-order valence-corrected chi connectivity index (χ0v) is 22.5. The molecule has 0 bridgehead atoms. The van der Waals surface area contributed by atoms with Crippen molar-refractivity contribution in [2.45, 2.75) is 44.0 Å². The fourth-order valence-electron chi connectivity index (χ4n) is 5.47. The monoisotopic (exact) mass is 585 g/mol. The highest BCUT2D eigenvalue weighted by Gasteiger charge is 2.67. The van der Waals surface area contributed by atoms with Crippen LogP contribution in [0.3, 0.4) is 0 Å². The largest absolute Gasteiger partial charge is 0.490 e. The van der Waals surface area contributed by atoms with Gasteiger partial charge in [-0.2, -0.15) is 0 Å². The van der Waals surface area contributed by atoms with Gasteiger partial charge in [0.15, 0.2) is 17.0 Å². The number of carbonyl (C=O) groups is 1. The van der Waals surface area contributed by atoms with Crippen LogP contribution < -0.4 is 20.1 Å². The van der Waals surface area contributed by atoms with Crippen LogP contribution >= 0.6 is 27.5 Å². The molecule has 4 atom stereocenters. The number of ether oxygens (including phenoxy) is 2. The third kappa shape index (κ3) is 4.35. The van der Waals surface area contributed by atoms with E-state index in [1.807, 2.05) is 32.0 Å². The van der Waals surface area contributed by atoms with E-state index in [0.29, 0.717) is 44.4 Å². The second kappa shape index (κ2) is 9.96. The maximum Gasteiger partial charge on any atom is 0.256 e. The molecule has 37 heavy (non-hydrogen) atoms. The third-order valence-corrected chi connectivity index (χ3v) is 7.82. The molecule has 5 rings (SSSR count). The summed E-state index contributed by atoms with van der Waals surface area (Å²) in [5.74, 6) is -0.0765. The lowest BCUT2D eigenvalue weighted by atomic mass is 9.78. The molecule has 192 valence electrons. The fraction of sp³-hybridized carbons (Fsp3) is 0.296. The minimum atomic E-state index is -1.48. The van der Waals surface area contributed by atoms with Crippen molar-refractivity contribution in [3.63, 3.8) is 0 Å². The Morgan fingerprint density at radius 1 is 1.14 bits per heavy atom. The summed E-state index contributed by atoms with van der Waals surface area (Å²) in [6.07, 6.45) is 0. The minimum absolute atomic E-state index is 0.286. The number of nitrogens with one attached hydrogen (secondary N) is 2. The molecule has 3 aromatic carbocycles. The van der Waals surface area contributed by atoms with Crippen molar-refractivity contribution in [1.29, 1.82) is 0 Å². The molecule has 0 aromatic heterocycles. The molecular formula is C27H25BrClN3O5. The van der Waals surface area contributed by atoms with Gasteiger partial charge in [0.1, 0.15) is 6.61 Å². The second-order valence-corrected chi connectivity index (χ2v) is 10.5. The Bertz CT molecular complexity index is 1370. The first-order valence-corrected chi connectivity index (χ1v) is 13.1. The summed E-state index contributed by atoms with van der Waals surface area (Å²) in [5, 5.41) is 19.4. The molecular weight excluding hydrogens is 562 g/mol. The predicted molar refractivity (Wildman–Crippen MR) is 144 cm³/mol. The molecule has 1 fully saturated rings. The summed E-state index contributed by atoms with van der Waals surface area (Å²) >= 11 is 9.58. The van der Waals surface area contributed by atoms with Crippen molar-refractivity contribution in [3.05, 3.63) is 97.0 Å². The number of hydrogen-bond acceptors (Lipinski definition) is 6. The number of nitro groups is 1. The predicted octanol–water partition coefficient (Wildman–Crippen LogP) is 5.65. The van der Waals surface area contributed by atoms with E-state index in [2.05, 4.69) is 26.6 Å². The Kier molecular flexibility index (Phi) is 6.87. The van der Waals surface area contributed by atoms with Gasteiger partial charge in [0, 0.05) is 27.2 Å². The van der Waals surface area contributed by atoms with Crippen molar-refractivity contribution in [2.24, 2.45) is 0 Å². The Balaban J connectivity index is 1.54. The molecule has 0 radical (unpaired) electrons. The first-order chi connectivity index (χ1) is 17.8. The number of benzene rings is 3. The SMILES string of the molecule is CCOc1cc([C@@H]2[C@H](C)N[C@@]3(C(=O)Nc4ccccc43)[C@H]2[N+](=O)[O-])cc(Br)c1OCc1ccc(Cl)cc1. The van der Waals surface area contributed by atoms with E-state index in [0.717, 1.165) is 5.56 Å². The van der Waals surface area contributed by atoms with E-state index >= 15 is 0 Å². The molecule has 2 aliphatic heterocycles. The van der Waals surface area contributed by atoms with Gasteiger partial charge < -0.3 is 14.8 Å². The third-order valence-electron chi connectivity index (χ3n) is 6.98. The molecule has 8 nitrogen and oxygen atoms in total. The topological polar surface area (TPSA) is 103 Å². The van der Waals surface area contributed by atoms with Crippen LogP contribution in [0, 0.1) is 10.1 Å². The van der Waals surface area contributed by atoms with Gasteiger partial charge in [-0.15, -0.1) is 0 Å². The number of anilines is 1. The zero-order valence-electron chi connectivity index (χ0n) is 20.2. The van der Waals surface area contributed by atoms with Gasteiger partial charge in [0.05, 0.1) is 17.0 Å². The van der Waals surface area contributed by atoms with Crippen LogP contribution in [-0.4, -0.2) is 29.5 Å². The standard InChI is InChI=1S/C27H25BrClN3O5/c1-3-36-22-13-17(12-20(28)24(22)37-14-16-8-10-18(29)11-9-16)23-15(2)31-27(25(23)32(34)35)19-6-4-5-7-21(19)30-26(27)33/h4-13,15,23,25,31H,3,14H2,1-2H3,(H,30,33)/t15-,23-,25-,27+/m0/s1. The summed E-state index contributed by atoms with van der Waals surface area (Å²) in [6.45, 7) is 4.39. The molecule has 10 heteroatoms. The molecule has 1 saturated heterocycles. The van der Waals surface area contributed by atoms with Gasteiger partial charge >= 0.3 is 0 Å². The fourth-order valence-corrected chi connectivity index (χ4v) is 6.17. The molecule has 0 unspecified atom stereocenters. The van der Waals surface area contributed by atoms with Crippen LogP contribution in [0.4, 0.5) is 5.69 Å². The van der Waals surface area contributed by atoms with Gasteiger partial charge in [0.2, 0.25) is 0 Å². The number of fused-ring (bicyclic) bond motifs is 2. The van der Waals surface area contributed by atoms with E-state index in [4.69, 9.17) is 21.1 Å². The summed E-state index contributed by atoms with van der Waals surface area (Å²) < 4.78 is 12.6. The number of amides is 1. The van der Waals surface area contributed by atoms with E-state index in [1.165, 1.54) is 0 Å². The summed E-state index contributed by atoms with van der Waals surface area (Å²) in [4.78, 5) is 25.5. The number of para-hydroxylation sites is 1. The molecule has 0 aliphatic carbocycles. The van der Waals surface area contributed by atoms with Gasteiger partial charge in [0.25, 0.3) is 11.9 Å². The van der Waals surface area contributed by atoms with Gasteiger partial charge in [-0.1, -0.05) is 41.9 Å². The van der Waals surface area contributed by atoms with Crippen LogP contribution in [0.15, 0.2) is 65.1 Å². The molecule has 2 heterocycles. The number of hydrogen-bond donors (Lipinski definition) is 2. The lowest BCUT2D eigenvalue weighted by molar-refractivity contribution is -0.532. The average Bonchev–Trinajstić information content (AvgIpc) is 3.33. The van der Waals surface area contributed by atoms with E-state index in [-0.39, 0.29) is 17.6 Å². The molecule has 2 N–H and O–H groups in total. The second-order valence-electron chi connectivity index (χ2n) is 9.17. The maximum absolute atomic E-state index is 13.3. The molecule has 3 aromatic rings. The minimum Gasteiger partial charge on any atom is -0.490 e. The Morgan fingerprint density at radius 2 is 1.86 bits per heavy atom. The molecule has 2 aliphatic rings. The highest BCUT2D eigenvalue weighted by atomic mass is 79.9. The number of rotatable bonds is 7. The molecule has 1 amide bonds. The van der Waals surface area contributed by atoms with E-state index < -0.39 is 23.4 Å². The lowest BCUT2D eigenvalue weighted by Gasteiger charge is -2.26. The number of nitrogens with zero attached hydrogens (tertiary/aromatic N) is 1. The van der Waals surface area contributed by atoms with Crippen LogP contribution in [0.5, 0.6) is 11.5 Å². The van der Waals surface area contributed by atoms with Gasteiger partial charge in [-0.3, -0.25) is 20.2 Å². The smallest absolute Gasteiger partial charge is 0.256 e. The molecule has 1 spiro atoms. The zero-order chi connectivity index (χ0) is 26.3. The van der Waals surface area contributed by atoms with Crippen molar-refractivity contribution in [3.8, 4) is 11.5 Å². The summed E-state index contributed by atoms with van der Waals surface area (Å²) in [5.41, 5.74) is 1.29. The van der Waals surface area contributed by atoms with Crippen LogP contribution in [0.2, 0.25) is 5.02 Å². The Hall–Kier alpha value is -3.14. The molecule has 0 saturated carbocycles. The van der Waals surface area contributed by atoms with Crippen molar-refractivity contribution in [2.75, 3.05) is 11.9 Å². The quantitative estimate of drug-likeness (QED) is 0.274. The van der Waals surface area contributed by atoms with E-state index in [1.54, 1.807) is 42.5 Å². The van der Waals surface area contributed by atoms with Gasteiger partial charge in [-0.05, 0) is 71.2 Å². The average molecular weight is 587 g/mol. The number of carbonyl (C=O) groups excluding carboxylic acids is 1. The Labute approximate surface area is 227 Å². The highest BCUT2D eigenvalue weighted by Crippen LogP contribution is 2.51. The van der Waals surface area contributed by atoms with Crippen molar-refractivity contribution < 1.29 is 19.2 Å². The van der Waals surface area contributed by atoms with Crippen LogP contribution in [-0.2, 0) is 16.9 Å². The maximum atomic E-state index is 13.3. The normalized spacial score (nSPS) is 24.1. The highest BCUT2D eigenvalue weighted by molar-refractivity contribution is 9.10. The summed E-state index contributed by atoms with van der Waals surface area (Å²) in [7, 11) is 0. The number of halogens is 2. The van der Waals surface area contributed by atoms with Crippen molar-refractivity contribution >= 4 is 39.1 Å². The van der Waals surface area contributed by atoms with Crippen LogP contribution in [0.25, 0.3) is 0 Å². The van der Waals surface area contributed by atoms with Crippen LogP contribution in [0.1, 0.15) is 36.5 Å². The Morgan fingerprint density at radius 3 is 2.57 bits per heavy atom. The first kappa shape index (κ1) is 25.5. The first-order valence-electron chi connectivity index (χ1n) is 11.9.